The summed E-state index contributed by atoms with van der Waals surface area (Å²) in [6.07, 6.45) is 4.48. The summed E-state index contributed by atoms with van der Waals surface area (Å²) in [6, 6.07) is 9.42. The highest BCUT2D eigenvalue weighted by Gasteiger charge is 2.32. The monoisotopic (exact) mass is 481 g/mol. The molecular weight excluding hydrogens is 459 g/mol. The van der Waals surface area contributed by atoms with Crippen molar-refractivity contribution < 1.29 is 22.4 Å². The zero-order chi connectivity index (χ0) is 24.5. The molecule has 0 radical (unpaired) electrons. The third-order valence-electron chi connectivity index (χ3n) is 6.13. The van der Waals surface area contributed by atoms with Crippen LogP contribution in [0.15, 0.2) is 53.1 Å². The molecule has 3 heterocycles. The number of aryl methyl sites for hydroxylation is 1. The lowest BCUT2D eigenvalue weighted by Crippen LogP contribution is -2.45. The maximum absolute atomic E-state index is 14.1. The number of amides is 1. The van der Waals surface area contributed by atoms with E-state index in [4.69, 9.17) is 4.42 Å². The molecule has 7 nitrogen and oxygen atoms in total. The van der Waals surface area contributed by atoms with Crippen LogP contribution < -0.4 is 0 Å². The lowest BCUT2D eigenvalue weighted by molar-refractivity contribution is 0.0599. The van der Waals surface area contributed by atoms with E-state index in [2.05, 4.69) is 15.3 Å². The molecule has 2 aromatic carbocycles. The summed E-state index contributed by atoms with van der Waals surface area (Å²) in [7, 11) is 1.73. The molecule has 0 saturated carbocycles. The second-order valence-electron chi connectivity index (χ2n) is 8.53. The highest BCUT2D eigenvalue weighted by Crippen LogP contribution is 2.29. The Balaban J connectivity index is 1.40. The maximum Gasteiger partial charge on any atom is 0.275 e. The Morgan fingerprint density at radius 3 is 2.66 bits per heavy atom. The lowest BCUT2D eigenvalue weighted by Gasteiger charge is -2.34. The first kappa shape index (κ1) is 22.8. The molecule has 5 rings (SSSR count). The van der Waals surface area contributed by atoms with Crippen LogP contribution in [0.5, 0.6) is 0 Å². The first-order valence-corrected chi connectivity index (χ1v) is 11.3. The van der Waals surface area contributed by atoms with Gasteiger partial charge >= 0.3 is 0 Å². The topological polar surface area (TPSA) is 77.0 Å². The number of carbonyl (C=O) groups excluding carboxylic acids is 1. The average Bonchev–Trinajstić information content (AvgIpc) is 3.48. The molecule has 1 aliphatic heterocycles. The fraction of sp³-hybridized carbons (Fsp3) is 0.280. The second kappa shape index (κ2) is 9.36. The van der Waals surface area contributed by atoms with Gasteiger partial charge in [-0.3, -0.25) is 9.48 Å². The largest absolute Gasteiger partial charge is 0.421 e. The number of hydrogen-bond acceptors (Lipinski definition) is 5. The van der Waals surface area contributed by atoms with E-state index in [1.807, 2.05) is 0 Å². The molecule has 180 valence electrons. The maximum atomic E-state index is 14.1. The molecular formula is C25H22F3N5O2. The molecule has 0 aliphatic carbocycles. The Morgan fingerprint density at radius 1 is 1.06 bits per heavy atom. The standard InChI is InChI=1S/C25H22F3N5O2/c1-32-14-19(15-8-10-16(26)11-9-15)23(31-32)25(34)33-12-3-2-5-17(33)13-21-29-30-24(35-21)18-6-4-7-20(27)22(18)28/h4,6-11,14,17H,2-3,5,12-13H2,1H3. The van der Waals surface area contributed by atoms with E-state index in [-0.39, 0.29) is 47.2 Å². The Bertz CT molecular complexity index is 1370. The van der Waals surface area contributed by atoms with E-state index < -0.39 is 11.6 Å². The van der Waals surface area contributed by atoms with Gasteiger partial charge in [0.2, 0.25) is 5.89 Å². The molecule has 1 aliphatic rings. The van der Waals surface area contributed by atoms with E-state index >= 15 is 0 Å². The van der Waals surface area contributed by atoms with Crippen LogP contribution in [-0.4, -0.2) is 43.4 Å². The number of piperidine rings is 1. The van der Waals surface area contributed by atoms with Gasteiger partial charge in [-0.15, -0.1) is 10.2 Å². The zero-order valence-electron chi connectivity index (χ0n) is 18.9. The van der Waals surface area contributed by atoms with Crippen LogP contribution in [0.4, 0.5) is 13.2 Å². The van der Waals surface area contributed by atoms with E-state index in [1.54, 1.807) is 35.0 Å². The number of carbonyl (C=O) groups is 1. The number of hydrogen-bond donors (Lipinski definition) is 0. The van der Waals surface area contributed by atoms with E-state index in [9.17, 15) is 18.0 Å². The van der Waals surface area contributed by atoms with Gasteiger partial charge in [0.1, 0.15) is 5.82 Å². The third kappa shape index (κ3) is 4.55. The highest BCUT2D eigenvalue weighted by atomic mass is 19.2. The molecule has 4 aromatic rings. The van der Waals surface area contributed by atoms with Crippen molar-refractivity contribution >= 4 is 5.91 Å². The number of likely N-dealkylation sites (tertiary alicyclic amines) is 1. The fourth-order valence-corrected chi connectivity index (χ4v) is 4.42. The molecule has 0 N–H and O–H groups in total. The fourth-order valence-electron chi connectivity index (χ4n) is 4.42. The smallest absolute Gasteiger partial charge is 0.275 e. The van der Waals surface area contributed by atoms with Gasteiger partial charge in [0.15, 0.2) is 17.3 Å². The quantitative estimate of drug-likeness (QED) is 0.410. The van der Waals surface area contributed by atoms with Gasteiger partial charge < -0.3 is 9.32 Å². The summed E-state index contributed by atoms with van der Waals surface area (Å²) < 4.78 is 48.3. The SMILES string of the molecule is Cn1cc(-c2ccc(F)cc2)c(C(=O)N2CCCCC2Cc2nnc(-c3cccc(F)c3F)o2)n1. The molecule has 35 heavy (non-hydrogen) atoms. The molecule has 1 fully saturated rings. The summed E-state index contributed by atoms with van der Waals surface area (Å²) in [5.74, 6) is -2.55. The van der Waals surface area contributed by atoms with Crippen LogP contribution in [-0.2, 0) is 13.5 Å². The zero-order valence-corrected chi connectivity index (χ0v) is 18.9. The van der Waals surface area contributed by atoms with Crippen molar-refractivity contribution in [3.63, 3.8) is 0 Å². The van der Waals surface area contributed by atoms with Crippen LogP contribution >= 0.6 is 0 Å². The van der Waals surface area contributed by atoms with E-state index in [0.717, 1.165) is 25.3 Å². The van der Waals surface area contributed by atoms with Gasteiger partial charge in [0.25, 0.3) is 11.8 Å². The molecule has 1 saturated heterocycles. The van der Waals surface area contributed by atoms with Gasteiger partial charge in [-0.1, -0.05) is 18.2 Å². The predicted molar refractivity (Wildman–Crippen MR) is 121 cm³/mol. The van der Waals surface area contributed by atoms with Gasteiger partial charge in [0, 0.05) is 37.8 Å². The molecule has 1 unspecified atom stereocenters. The number of aromatic nitrogens is 4. The Morgan fingerprint density at radius 2 is 1.86 bits per heavy atom. The molecule has 2 aromatic heterocycles. The minimum Gasteiger partial charge on any atom is -0.421 e. The van der Waals surface area contributed by atoms with Crippen molar-refractivity contribution in [3.8, 4) is 22.6 Å². The average molecular weight is 481 g/mol. The number of nitrogens with zero attached hydrogens (tertiary/aromatic N) is 5. The molecule has 1 amide bonds. The molecule has 1 atom stereocenters. The number of rotatable bonds is 5. The second-order valence-corrected chi connectivity index (χ2v) is 8.53. The van der Waals surface area contributed by atoms with Crippen molar-refractivity contribution in [3.05, 3.63) is 77.7 Å². The van der Waals surface area contributed by atoms with Crippen molar-refractivity contribution in [2.24, 2.45) is 7.05 Å². The first-order chi connectivity index (χ1) is 16.9. The summed E-state index contributed by atoms with van der Waals surface area (Å²) in [4.78, 5) is 15.3. The highest BCUT2D eigenvalue weighted by molar-refractivity contribution is 5.99. The molecule has 0 spiro atoms. The van der Waals surface area contributed by atoms with Gasteiger partial charge in [-0.2, -0.15) is 5.10 Å². The van der Waals surface area contributed by atoms with E-state index in [1.165, 1.54) is 24.3 Å². The first-order valence-electron chi connectivity index (χ1n) is 11.3. The minimum absolute atomic E-state index is 0.113. The van der Waals surface area contributed by atoms with Crippen LogP contribution in [0.2, 0.25) is 0 Å². The summed E-state index contributed by atoms with van der Waals surface area (Å²) in [6.45, 7) is 0.530. The number of benzene rings is 2. The summed E-state index contributed by atoms with van der Waals surface area (Å²) >= 11 is 0. The van der Waals surface area contributed by atoms with Crippen LogP contribution in [0.1, 0.15) is 35.6 Å². The molecule has 10 heteroatoms. The van der Waals surface area contributed by atoms with Crippen LogP contribution in [0.3, 0.4) is 0 Å². The van der Waals surface area contributed by atoms with Crippen molar-refractivity contribution in [1.29, 1.82) is 0 Å². The Kier molecular flexibility index (Phi) is 6.10. The summed E-state index contributed by atoms with van der Waals surface area (Å²) in [5.41, 5.74) is 1.47. The Hall–Kier alpha value is -3.95. The van der Waals surface area contributed by atoms with Crippen molar-refractivity contribution in [2.75, 3.05) is 6.54 Å². The van der Waals surface area contributed by atoms with Gasteiger partial charge in [-0.05, 0) is 49.1 Å². The van der Waals surface area contributed by atoms with Crippen molar-refractivity contribution in [1.82, 2.24) is 24.9 Å². The molecule has 0 bridgehead atoms. The van der Waals surface area contributed by atoms with Gasteiger partial charge in [-0.25, -0.2) is 13.2 Å². The Labute approximate surface area is 199 Å². The summed E-state index contributed by atoms with van der Waals surface area (Å²) in [5, 5.41) is 12.3. The third-order valence-corrected chi connectivity index (χ3v) is 6.13. The van der Waals surface area contributed by atoms with Crippen molar-refractivity contribution in [2.45, 2.75) is 31.7 Å². The predicted octanol–water partition coefficient (Wildman–Crippen LogP) is 4.79. The van der Waals surface area contributed by atoms with E-state index in [0.29, 0.717) is 17.7 Å². The van der Waals surface area contributed by atoms with Crippen LogP contribution in [0, 0.1) is 17.5 Å². The van der Waals surface area contributed by atoms with Gasteiger partial charge in [0.05, 0.1) is 5.56 Å². The normalized spacial score (nSPS) is 16.0. The van der Waals surface area contributed by atoms with Crippen LogP contribution in [0.25, 0.3) is 22.6 Å². The lowest BCUT2D eigenvalue weighted by atomic mass is 9.97. The minimum atomic E-state index is -1.05. The number of halogens is 3.